The minimum Gasteiger partial charge on any atom is -0.494 e. The van der Waals surface area contributed by atoms with E-state index in [1.807, 2.05) is 26.2 Å². The molecule has 0 aliphatic carbocycles. The van der Waals surface area contributed by atoms with Crippen LogP contribution in [0.25, 0.3) is 0 Å². The van der Waals surface area contributed by atoms with E-state index in [4.69, 9.17) is 4.74 Å². The van der Waals surface area contributed by atoms with E-state index in [1.165, 1.54) is 37.8 Å². The lowest BCUT2D eigenvalue weighted by Crippen LogP contribution is -2.08. The molecule has 1 aromatic carbocycles. The van der Waals surface area contributed by atoms with Crippen LogP contribution in [0.2, 0.25) is 0 Å². The fourth-order valence-corrected chi connectivity index (χ4v) is 1.92. The molecule has 1 rings (SSSR count). The predicted molar refractivity (Wildman–Crippen MR) is 79.6 cm³/mol. The first-order valence-electron chi connectivity index (χ1n) is 7.14. The van der Waals surface area contributed by atoms with E-state index in [0.29, 0.717) is 0 Å². The van der Waals surface area contributed by atoms with Gasteiger partial charge in [-0.1, -0.05) is 45.1 Å². The standard InChI is InChI=1S/C16H27NO/c1-4-5-6-7-8-9-13-18-16-12-10-11-15(14-16)17(2)3/h10-12,14H,4-9,13H2,1-3H3. The maximum atomic E-state index is 5.78. The average Bonchev–Trinajstić information content (AvgIpc) is 2.38. The molecule has 0 unspecified atom stereocenters. The molecule has 0 fully saturated rings. The van der Waals surface area contributed by atoms with Crippen molar-refractivity contribution >= 4 is 5.69 Å². The molecule has 0 aliphatic heterocycles. The molecule has 18 heavy (non-hydrogen) atoms. The molecule has 102 valence electrons. The fourth-order valence-electron chi connectivity index (χ4n) is 1.92. The minimum absolute atomic E-state index is 0.836. The van der Waals surface area contributed by atoms with Crippen molar-refractivity contribution in [2.24, 2.45) is 0 Å². The summed E-state index contributed by atoms with van der Waals surface area (Å²) in [4.78, 5) is 2.09. The van der Waals surface area contributed by atoms with Crippen molar-refractivity contribution in [2.75, 3.05) is 25.6 Å². The first kappa shape index (κ1) is 14.9. The lowest BCUT2D eigenvalue weighted by Gasteiger charge is -2.14. The van der Waals surface area contributed by atoms with Crippen molar-refractivity contribution in [3.05, 3.63) is 24.3 Å². The van der Waals surface area contributed by atoms with E-state index in [9.17, 15) is 0 Å². The normalized spacial score (nSPS) is 10.4. The van der Waals surface area contributed by atoms with Crippen LogP contribution in [-0.2, 0) is 0 Å². The number of ether oxygens (including phenoxy) is 1. The van der Waals surface area contributed by atoms with Crippen molar-refractivity contribution in [1.82, 2.24) is 0 Å². The van der Waals surface area contributed by atoms with Crippen LogP contribution >= 0.6 is 0 Å². The number of nitrogens with zero attached hydrogens (tertiary/aromatic N) is 1. The summed E-state index contributed by atoms with van der Waals surface area (Å²) in [7, 11) is 4.10. The van der Waals surface area contributed by atoms with Crippen LogP contribution in [0, 0.1) is 0 Å². The van der Waals surface area contributed by atoms with Gasteiger partial charge in [-0.15, -0.1) is 0 Å². The Balaban J connectivity index is 2.17. The number of hydrogen-bond donors (Lipinski definition) is 0. The van der Waals surface area contributed by atoms with Gasteiger partial charge in [0.2, 0.25) is 0 Å². The lowest BCUT2D eigenvalue weighted by molar-refractivity contribution is 0.304. The van der Waals surface area contributed by atoms with Gasteiger partial charge < -0.3 is 9.64 Å². The second-order valence-electron chi connectivity index (χ2n) is 5.01. The molecule has 0 N–H and O–H groups in total. The molecule has 0 aromatic heterocycles. The number of anilines is 1. The highest BCUT2D eigenvalue weighted by Crippen LogP contribution is 2.19. The van der Waals surface area contributed by atoms with Gasteiger partial charge >= 0.3 is 0 Å². The largest absolute Gasteiger partial charge is 0.494 e. The van der Waals surface area contributed by atoms with Crippen LogP contribution in [0.15, 0.2) is 24.3 Å². The number of hydrogen-bond acceptors (Lipinski definition) is 2. The molecular weight excluding hydrogens is 222 g/mol. The van der Waals surface area contributed by atoms with E-state index in [1.54, 1.807) is 0 Å². The third-order valence-electron chi connectivity index (χ3n) is 3.10. The summed E-state index contributed by atoms with van der Waals surface area (Å²) in [5.74, 6) is 0.981. The van der Waals surface area contributed by atoms with Crippen LogP contribution < -0.4 is 9.64 Å². The summed E-state index contributed by atoms with van der Waals surface area (Å²) >= 11 is 0. The smallest absolute Gasteiger partial charge is 0.121 e. The van der Waals surface area contributed by atoms with E-state index in [-0.39, 0.29) is 0 Å². The maximum absolute atomic E-state index is 5.78. The van der Waals surface area contributed by atoms with Gasteiger partial charge in [-0.25, -0.2) is 0 Å². The first-order valence-corrected chi connectivity index (χ1v) is 7.14. The molecular formula is C16H27NO. The topological polar surface area (TPSA) is 12.5 Å². The van der Waals surface area contributed by atoms with E-state index < -0.39 is 0 Å². The Bertz CT molecular complexity index is 323. The predicted octanol–water partition coefficient (Wildman–Crippen LogP) is 4.49. The van der Waals surface area contributed by atoms with Gasteiger partial charge in [-0.3, -0.25) is 0 Å². The van der Waals surface area contributed by atoms with Gasteiger partial charge in [0.1, 0.15) is 5.75 Å². The fraction of sp³-hybridized carbons (Fsp3) is 0.625. The highest BCUT2D eigenvalue weighted by Gasteiger charge is 1.98. The maximum Gasteiger partial charge on any atom is 0.121 e. The SMILES string of the molecule is CCCCCCCCOc1cccc(N(C)C)c1. The van der Waals surface area contributed by atoms with Crippen LogP contribution in [0.5, 0.6) is 5.75 Å². The zero-order valence-corrected chi connectivity index (χ0v) is 12.1. The highest BCUT2D eigenvalue weighted by molar-refractivity contribution is 5.49. The second-order valence-corrected chi connectivity index (χ2v) is 5.01. The summed E-state index contributed by atoms with van der Waals surface area (Å²) in [6, 6.07) is 8.27. The van der Waals surface area contributed by atoms with Crippen molar-refractivity contribution < 1.29 is 4.74 Å². The Labute approximate surface area is 112 Å². The Morgan fingerprint density at radius 3 is 2.44 bits per heavy atom. The number of rotatable bonds is 9. The molecule has 0 spiro atoms. The molecule has 0 radical (unpaired) electrons. The Kier molecular flexibility index (Phi) is 7.31. The molecule has 0 amide bonds. The summed E-state index contributed by atoms with van der Waals surface area (Å²) in [5.41, 5.74) is 1.19. The minimum atomic E-state index is 0.836. The van der Waals surface area contributed by atoms with E-state index >= 15 is 0 Å². The zero-order valence-electron chi connectivity index (χ0n) is 12.1. The molecule has 2 heteroatoms. The average molecular weight is 249 g/mol. The monoisotopic (exact) mass is 249 g/mol. The number of benzene rings is 1. The third kappa shape index (κ3) is 5.95. The van der Waals surface area contributed by atoms with Crippen molar-refractivity contribution in [3.63, 3.8) is 0 Å². The molecule has 0 atom stereocenters. The summed E-state index contributed by atoms with van der Waals surface area (Å²) in [5, 5.41) is 0. The lowest BCUT2D eigenvalue weighted by atomic mass is 10.1. The summed E-state index contributed by atoms with van der Waals surface area (Å²) in [6.07, 6.45) is 7.84. The first-order chi connectivity index (χ1) is 8.74. The quantitative estimate of drug-likeness (QED) is 0.598. The Morgan fingerprint density at radius 2 is 1.72 bits per heavy atom. The Hall–Kier alpha value is -1.18. The van der Waals surface area contributed by atoms with Crippen LogP contribution in [0.4, 0.5) is 5.69 Å². The van der Waals surface area contributed by atoms with E-state index in [0.717, 1.165) is 18.8 Å². The Morgan fingerprint density at radius 1 is 1.00 bits per heavy atom. The summed E-state index contributed by atoms with van der Waals surface area (Å²) < 4.78 is 5.78. The molecule has 0 aliphatic rings. The van der Waals surface area contributed by atoms with Crippen molar-refractivity contribution in [2.45, 2.75) is 45.4 Å². The molecule has 1 aromatic rings. The number of unbranched alkanes of at least 4 members (excludes halogenated alkanes) is 5. The van der Waals surface area contributed by atoms with Crippen LogP contribution in [-0.4, -0.2) is 20.7 Å². The molecule has 0 saturated heterocycles. The van der Waals surface area contributed by atoms with Gasteiger partial charge in [-0.05, 0) is 18.6 Å². The van der Waals surface area contributed by atoms with Crippen molar-refractivity contribution in [3.8, 4) is 5.75 Å². The van der Waals surface area contributed by atoms with Crippen molar-refractivity contribution in [1.29, 1.82) is 0 Å². The summed E-state index contributed by atoms with van der Waals surface area (Å²) in [6.45, 7) is 3.09. The zero-order chi connectivity index (χ0) is 13.2. The van der Waals surface area contributed by atoms with E-state index in [2.05, 4.69) is 24.0 Å². The van der Waals surface area contributed by atoms with Crippen LogP contribution in [0.1, 0.15) is 45.4 Å². The van der Waals surface area contributed by atoms with Gasteiger partial charge in [-0.2, -0.15) is 0 Å². The van der Waals surface area contributed by atoms with Crippen LogP contribution in [0.3, 0.4) is 0 Å². The highest BCUT2D eigenvalue weighted by atomic mass is 16.5. The second kappa shape index (κ2) is 8.84. The molecule has 2 nitrogen and oxygen atoms in total. The van der Waals surface area contributed by atoms with Gasteiger partial charge in [0, 0.05) is 25.8 Å². The van der Waals surface area contributed by atoms with Gasteiger partial charge in [0.05, 0.1) is 6.61 Å². The molecule has 0 bridgehead atoms. The molecule has 0 saturated carbocycles. The third-order valence-corrected chi connectivity index (χ3v) is 3.10. The van der Waals surface area contributed by atoms with Gasteiger partial charge in [0.25, 0.3) is 0 Å². The van der Waals surface area contributed by atoms with Gasteiger partial charge in [0.15, 0.2) is 0 Å². The molecule has 0 heterocycles.